The zero-order chi connectivity index (χ0) is 11.1. The van der Waals surface area contributed by atoms with Crippen LogP contribution in [0.4, 0.5) is 0 Å². The second-order valence-electron chi connectivity index (χ2n) is 4.52. The minimum absolute atomic E-state index is 0.00943. The molecule has 1 aromatic rings. The van der Waals surface area contributed by atoms with Gasteiger partial charge in [0.05, 0.1) is 6.20 Å². The number of aromatic amines is 1. The molecule has 0 radical (unpaired) electrons. The molecule has 3 rings (SSSR count). The van der Waals surface area contributed by atoms with E-state index in [1.807, 2.05) is 4.90 Å². The van der Waals surface area contributed by atoms with E-state index in [-0.39, 0.29) is 11.3 Å². The first-order chi connectivity index (χ1) is 7.75. The number of amides is 1. The largest absolute Gasteiger partial charge is 0.331 e. The van der Waals surface area contributed by atoms with Gasteiger partial charge in [0.1, 0.15) is 0 Å². The van der Waals surface area contributed by atoms with Crippen LogP contribution in [0.25, 0.3) is 0 Å². The summed E-state index contributed by atoms with van der Waals surface area (Å²) < 4.78 is 0. The van der Waals surface area contributed by atoms with Gasteiger partial charge in [-0.25, -0.2) is 0 Å². The van der Waals surface area contributed by atoms with Crippen molar-refractivity contribution in [3.05, 3.63) is 11.9 Å². The van der Waals surface area contributed by atoms with E-state index in [0.29, 0.717) is 17.8 Å². The van der Waals surface area contributed by atoms with Crippen molar-refractivity contribution in [3.63, 3.8) is 0 Å². The Hall–Kier alpha value is -1.10. The zero-order valence-electron chi connectivity index (χ0n) is 8.77. The van der Waals surface area contributed by atoms with Gasteiger partial charge in [0.25, 0.3) is 5.91 Å². The maximum Gasteiger partial charge on any atom is 0.276 e. The SMILES string of the molecule is O=C(c1cn[nH]n1)N1C2CCC1CC(Cl)C2. The predicted molar refractivity (Wildman–Crippen MR) is 58.2 cm³/mol. The van der Waals surface area contributed by atoms with Crippen LogP contribution in [0, 0.1) is 0 Å². The maximum absolute atomic E-state index is 12.2. The van der Waals surface area contributed by atoms with Crippen LogP contribution in [-0.2, 0) is 0 Å². The third kappa shape index (κ3) is 1.50. The van der Waals surface area contributed by atoms with Crippen LogP contribution in [0.5, 0.6) is 0 Å². The highest BCUT2D eigenvalue weighted by atomic mass is 35.5. The van der Waals surface area contributed by atoms with Crippen LogP contribution >= 0.6 is 11.6 Å². The first kappa shape index (κ1) is 10.1. The lowest BCUT2D eigenvalue weighted by Gasteiger charge is -2.36. The first-order valence-corrected chi connectivity index (χ1v) is 6.02. The van der Waals surface area contributed by atoms with Crippen LogP contribution in [0.15, 0.2) is 6.20 Å². The Morgan fingerprint density at radius 2 is 2.12 bits per heavy atom. The van der Waals surface area contributed by atoms with Crippen LogP contribution in [-0.4, -0.2) is 43.7 Å². The number of nitrogens with zero attached hydrogens (tertiary/aromatic N) is 3. The standard InChI is InChI=1S/C10H13ClN4O/c11-6-3-7-1-2-8(4-6)15(7)10(16)9-5-12-14-13-9/h5-8H,1-4H2,(H,12,13,14). The van der Waals surface area contributed by atoms with Crippen molar-refractivity contribution in [1.82, 2.24) is 20.3 Å². The van der Waals surface area contributed by atoms with E-state index in [9.17, 15) is 4.79 Å². The van der Waals surface area contributed by atoms with Gasteiger partial charge < -0.3 is 4.90 Å². The van der Waals surface area contributed by atoms with Crippen LogP contribution < -0.4 is 0 Å². The second kappa shape index (κ2) is 3.73. The van der Waals surface area contributed by atoms with Gasteiger partial charge in [-0.3, -0.25) is 4.79 Å². The normalized spacial score (nSPS) is 33.1. The summed E-state index contributed by atoms with van der Waals surface area (Å²) in [7, 11) is 0. The van der Waals surface area contributed by atoms with Crippen molar-refractivity contribution < 1.29 is 4.79 Å². The van der Waals surface area contributed by atoms with Crippen molar-refractivity contribution in [2.24, 2.45) is 0 Å². The molecule has 16 heavy (non-hydrogen) atoms. The van der Waals surface area contributed by atoms with Crippen molar-refractivity contribution in [3.8, 4) is 0 Å². The average molecular weight is 241 g/mol. The van der Waals surface area contributed by atoms with Crippen LogP contribution in [0.1, 0.15) is 36.2 Å². The number of carbonyl (C=O) groups is 1. The van der Waals surface area contributed by atoms with Gasteiger partial charge in [-0.05, 0) is 25.7 Å². The Morgan fingerprint density at radius 1 is 1.44 bits per heavy atom. The third-order valence-electron chi connectivity index (χ3n) is 3.54. The van der Waals surface area contributed by atoms with Gasteiger partial charge in [-0.15, -0.1) is 11.6 Å². The van der Waals surface area contributed by atoms with E-state index < -0.39 is 0 Å². The molecule has 2 atom stereocenters. The Labute approximate surface area is 98.1 Å². The fraction of sp³-hybridized carbons (Fsp3) is 0.700. The molecule has 1 N–H and O–H groups in total. The Bertz CT molecular complexity index is 380. The van der Waals surface area contributed by atoms with Gasteiger partial charge in [0, 0.05) is 17.5 Å². The number of fused-ring (bicyclic) bond motifs is 2. The van der Waals surface area contributed by atoms with E-state index in [4.69, 9.17) is 11.6 Å². The summed E-state index contributed by atoms with van der Waals surface area (Å²) in [5, 5.41) is 10.2. The lowest BCUT2D eigenvalue weighted by atomic mass is 10.0. The van der Waals surface area contributed by atoms with E-state index in [0.717, 1.165) is 25.7 Å². The molecule has 0 saturated carbocycles. The third-order valence-corrected chi connectivity index (χ3v) is 3.90. The van der Waals surface area contributed by atoms with Crippen LogP contribution in [0.2, 0.25) is 0 Å². The zero-order valence-corrected chi connectivity index (χ0v) is 9.52. The average Bonchev–Trinajstić information content (AvgIpc) is 2.85. The minimum atomic E-state index is -0.00943. The summed E-state index contributed by atoms with van der Waals surface area (Å²) in [5.74, 6) is -0.00943. The van der Waals surface area contributed by atoms with E-state index in [2.05, 4.69) is 15.4 Å². The second-order valence-corrected chi connectivity index (χ2v) is 5.14. The predicted octanol–water partition coefficient (Wildman–Crippen LogP) is 1.18. The molecule has 0 aromatic carbocycles. The summed E-state index contributed by atoms with van der Waals surface area (Å²) >= 11 is 6.17. The molecule has 3 heterocycles. The molecule has 2 bridgehead atoms. The maximum atomic E-state index is 12.2. The fourth-order valence-electron chi connectivity index (χ4n) is 2.88. The smallest absolute Gasteiger partial charge is 0.276 e. The van der Waals surface area contributed by atoms with Gasteiger partial charge in [-0.1, -0.05) is 0 Å². The first-order valence-electron chi connectivity index (χ1n) is 5.58. The summed E-state index contributed by atoms with van der Waals surface area (Å²) in [5.41, 5.74) is 0.407. The summed E-state index contributed by atoms with van der Waals surface area (Å²) in [4.78, 5) is 14.1. The van der Waals surface area contributed by atoms with Gasteiger partial charge in [0.2, 0.25) is 0 Å². The van der Waals surface area contributed by atoms with E-state index >= 15 is 0 Å². The van der Waals surface area contributed by atoms with Crippen molar-refractivity contribution in [1.29, 1.82) is 0 Å². The topological polar surface area (TPSA) is 61.9 Å². The molecule has 1 amide bonds. The number of hydrogen-bond donors (Lipinski definition) is 1. The molecule has 0 spiro atoms. The van der Waals surface area contributed by atoms with Gasteiger partial charge in [0.15, 0.2) is 5.69 Å². The number of alkyl halides is 1. The molecular weight excluding hydrogens is 228 g/mol. The highest BCUT2D eigenvalue weighted by Crippen LogP contribution is 2.38. The molecule has 2 fully saturated rings. The highest BCUT2D eigenvalue weighted by molar-refractivity contribution is 6.20. The van der Waals surface area contributed by atoms with Crippen LogP contribution in [0.3, 0.4) is 0 Å². The molecule has 0 aliphatic carbocycles. The monoisotopic (exact) mass is 240 g/mol. The number of nitrogens with one attached hydrogen (secondary N) is 1. The molecule has 1 aromatic heterocycles. The minimum Gasteiger partial charge on any atom is -0.331 e. The molecule has 2 unspecified atom stereocenters. The number of rotatable bonds is 1. The molecule has 2 aliphatic heterocycles. The van der Waals surface area contributed by atoms with E-state index in [1.165, 1.54) is 6.20 Å². The quantitative estimate of drug-likeness (QED) is 0.750. The lowest BCUT2D eigenvalue weighted by Crippen LogP contribution is -2.47. The van der Waals surface area contributed by atoms with Crippen molar-refractivity contribution in [2.45, 2.75) is 43.1 Å². The Morgan fingerprint density at radius 3 is 2.69 bits per heavy atom. The number of hydrogen-bond acceptors (Lipinski definition) is 3. The highest BCUT2D eigenvalue weighted by Gasteiger charge is 2.43. The van der Waals surface area contributed by atoms with Crippen molar-refractivity contribution in [2.75, 3.05) is 0 Å². The number of H-pyrrole nitrogens is 1. The molecule has 86 valence electrons. The number of halogens is 1. The van der Waals surface area contributed by atoms with Gasteiger partial charge >= 0.3 is 0 Å². The van der Waals surface area contributed by atoms with Crippen molar-refractivity contribution >= 4 is 17.5 Å². The lowest BCUT2D eigenvalue weighted by molar-refractivity contribution is 0.0593. The number of carbonyl (C=O) groups excluding carboxylic acids is 1. The molecule has 2 aliphatic rings. The number of piperidine rings is 1. The Balaban J connectivity index is 1.84. The molecule has 2 saturated heterocycles. The summed E-state index contributed by atoms with van der Waals surface area (Å²) in [6, 6.07) is 0.593. The molecule has 6 heteroatoms. The van der Waals surface area contributed by atoms with E-state index in [1.54, 1.807) is 0 Å². The fourth-order valence-corrected chi connectivity index (χ4v) is 3.29. The number of aromatic nitrogens is 3. The van der Waals surface area contributed by atoms with Gasteiger partial charge in [-0.2, -0.15) is 15.4 Å². The summed E-state index contributed by atoms with van der Waals surface area (Å²) in [6.45, 7) is 0. The molecular formula is C10H13ClN4O. The molecule has 5 nitrogen and oxygen atoms in total. The Kier molecular flexibility index (Phi) is 2.35. The summed E-state index contributed by atoms with van der Waals surface area (Å²) in [6.07, 6.45) is 5.42.